The number of ether oxygens (including phenoxy) is 2. The minimum absolute atomic E-state index is 0.230. The number of fused-ring (bicyclic) bond motifs is 1. The molecule has 1 atom stereocenters. The zero-order chi connectivity index (χ0) is 16.5. The van der Waals surface area contributed by atoms with Gasteiger partial charge >= 0.3 is 0 Å². The molecule has 0 spiro atoms. The highest BCUT2D eigenvalue weighted by atomic mass is 16.5. The maximum absolute atomic E-state index is 5.91. The van der Waals surface area contributed by atoms with Crippen LogP contribution in [0.25, 0.3) is 22.2 Å². The van der Waals surface area contributed by atoms with Crippen LogP contribution < -0.4 is 4.74 Å². The first kappa shape index (κ1) is 15.1. The Hall–Kier alpha value is -2.40. The molecule has 3 aromatic rings. The lowest BCUT2D eigenvalue weighted by Gasteiger charge is -2.12. The Kier molecular flexibility index (Phi) is 3.94. The highest BCUT2D eigenvalue weighted by Crippen LogP contribution is 2.27. The van der Waals surface area contributed by atoms with E-state index in [1.807, 2.05) is 31.6 Å². The second kappa shape index (κ2) is 6.24. The van der Waals surface area contributed by atoms with Gasteiger partial charge in [0.2, 0.25) is 0 Å². The van der Waals surface area contributed by atoms with Gasteiger partial charge in [-0.1, -0.05) is 0 Å². The summed E-state index contributed by atoms with van der Waals surface area (Å²) in [4.78, 5) is 4.76. The van der Waals surface area contributed by atoms with Crippen molar-refractivity contribution >= 4 is 10.9 Å². The van der Waals surface area contributed by atoms with Gasteiger partial charge in [-0.25, -0.2) is 4.98 Å². The molecule has 1 aliphatic rings. The Morgan fingerprint density at radius 1 is 1.33 bits per heavy atom. The van der Waals surface area contributed by atoms with Crippen molar-refractivity contribution in [3.63, 3.8) is 0 Å². The van der Waals surface area contributed by atoms with Crippen LogP contribution in [0, 0.1) is 6.92 Å². The molecule has 0 aliphatic carbocycles. The molecule has 5 heteroatoms. The monoisotopic (exact) mass is 323 g/mol. The van der Waals surface area contributed by atoms with Crippen LogP contribution >= 0.6 is 0 Å². The lowest BCUT2D eigenvalue weighted by molar-refractivity contribution is 0.0680. The first-order chi connectivity index (χ1) is 11.7. The van der Waals surface area contributed by atoms with Crippen LogP contribution in [0.1, 0.15) is 18.4 Å². The van der Waals surface area contributed by atoms with Crippen molar-refractivity contribution in [2.75, 3.05) is 13.2 Å². The van der Waals surface area contributed by atoms with Crippen LogP contribution in [0.3, 0.4) is 0 Å². The van der Waals surface area contributed by atoms with Gasteiger partial charge in [0.1, 0.15) is 12.4 Å². The van der Waals surface area contributed by atoms with Gasteiger partial charge in [0.05, 0.1) is 23.5 Å². The molecular formula is C19H21N3O2. The van der Waals surface area contributed by atoms with Crippen molar-refractivity contribution in [3.8, 4) is 17.0 Å². The van der Waals surface area contributed by atoms with Crippen LogP contribution in [0.2, 0.25) is 0 Å². The maximum atomic E-state index is 5.91. The maximum Gasteiger partial charge on any atom is 0.120 e. The lowest BCUT2D eigenvalue weighted by atomic mass is 10.1. The number of benzene rings is 1. The Labute approximate surface area is 141 Å². The fraction of sp³-hybridized carbons (Fsp3) is 0.368. The largest absolute Gasteiger partial charge is 0.491 e. The number of pyridine rings is 1. The zero-order valence-electron chi connectivity index (χ0n) is 14.0. The molecule has 1 saturated heterocycles. The highest BCUT2D eigenvalue weighted by molar-refractivity contribution is 5.86. The van der Waals surface area contributed by atoms with E-state index in [0.29, 0.717) is 6.61 Å². The highest BCUT2D eigenvalue weighted by Gasteiger charge is 2.16. The molecule has 1 aliphatic heterocycles. The van der Waals surface area contributed by atoms with Crippen LogP contribution in [0.4, 0.5) is 0 Å². The van der Waals surface area contributed by atoms with E-state index in [-0.39, 0.29) is 6.10 Å². The number of rotatable bonds is 4. The summed E-state index contributed by atoms with van der Waals surface area (Å²) in [7, 11) is 1.91. The van der Waals surface area contributed by atoms with Gasteiger partial charge in [0, 0.05) is 30.8 Å². The smallest absolute Gasteiger partial charge is 0.120 e. The van der Waals surface area contributed by atoms with E-state index < -0.39 is 0 Å². The molecule has 124 valence electrons. The quantitative estimate of drug-likeness (QED) is 0.737. The summed E-state index contributed by atoms with van der Waals surface area (Å²) in [5, 5.41) is 5.34. The summed E-state index contributed by atoms with van der Waals surface area (Å²) in [5.74, 6) is 0.872. The average molecular weight is 323 g/mol. The zero-order valence-corrected chi connectivity index (χ0v) is 14.0. The number of nitrogens with zero attached hydrogens (tertiary/aromatic N) is 3. The predicted molar refractivity (Wildman–Crippen MR) is 93.2 cm³/mol. The van der Waals surface area contributed by atoms with Gasteiger partial charge in [-0.15, -0.1) is 0 Å². The topological polar surface area (TPSA) is 49.2 Å². The van der Waals surface area contributed by atoms with E-state index in [1.54, 1.807) is 4.68 Å². The molecule has 3 heterocycles. The Morgan fingerprint density at radius 3 is 3.00 bits per heavy atom. The van der Waals surface area contributed by atoms with Gasteiger partial charge in [-0.05, 0) is 49.6 Å². The van der Waals surface area contributed by atoms with Crippen LogP contribution in [-0.4, -0.2) is 34.1 Å². The molecule has 0 N–H and O–H groups in total. The minimum Gasteiger partial charge on any atom is -0.491 e. The summed E-state index contributed by atoms with van der Waals surface area (Å²) < 4.78 is 13.3. The van der Waals surface area contributed by atoms with Gasteiger partial charge in [0.15, 0.2) is 0 Å². The van der Waals surface area contributed by atoms with Crippen LogP contribution in [0.5, 0.6) is 5.75 Å². The lowest BCUT2D eigenvalue weighted by Crippen LogP contribution is -2.16. The average Bonchev–Trinajstić information content (AvgIpc) is 3.24. The Bertz CT molecular complexity index is 866. The molecule has 4 rings (SSSR count). The second-order valence-corrected chi connectivity index (χ2v) is 6.35. The molecule has 0 amide bonds. The molecule has 5 nitrogen and oxygen atoms in total. The molecule has 24 heavy (non-hydrogen) atoms. The van der Waals surface area contributed by atoms with Gasteiger partial charge in [0.25, 0.3) is 0 Å². The minimum atomic E-state index is 0.230. The molecule has 1 fully saturated rings. The first-order valence-corrected chi connectivity index (χ1v) is 8.34. The number of hydrogen-bond acceptors (Lipinski definition) is 4. The van der Waals surface area contributed by atoms with Crippen LogP contribution in [-0.2, 0) is 11.8 Å². The standard InChI is InChI=1S/C19H21N3O2/c1-13-8-19(14-10-20-22(2)11-14)21-18-6-5-15(9-17(13)18)24-12-16-4-3-7-23-16/h5-6,8-11,16H,3-4,7,12H2,1-2H3. The van der Waals surface area contributed by atoms with Crippen molar-refractivity contribution in [2.24, 2.45) is 7.05 Å². The predicted octanol–water partition coefficient (Wildman–Crippen LogP) is 3.50. The third kappa shape index (κ3) is 2.99. The van der Waals surface area contributed by atoms with E-state index in [2.05, 4.69) is 24.2 Å². The van der Waals surface area contributed by atoms with Gasteiger partial charge < -0.3 is 9.47 Å². The Morgan fingerprint density at radius 2 is 2.25 bits per heavy atom. The summed E-state index contributed by atoms with van der Waals surface area (Å²) in [6.07, 6.45) is 6.27. The third-order valence-electron chi connectivity index (χ3n) is 4.45. The summed E-state index contributed by atoms with van der Waals surface area (Å²) >= 11 is 0. The molecule has 2 aromatic heterocycles. The molecule has 0 bridgehead atoms. The van der Waals surface area contributed by atoms with E-state index in [9.17, 15) is 0 Å². The fourth-order valence-corrected chi connectivity index (χ4v) is 3.13. The van der Waals surface area contributed by atoms with E-state index in [0.717, 1.165) is 47.4 Å². The Balaban J connectivity index is 1.61. The molecule has 1 aromatic carbocycles. The summed E-state index contributed by atoms with van der Waals surface area (Å²) in [6.45, 7) is 3.57. The summed E-state index contributed by atoms with van der Waals surface area (Å²) in [6, 6.07) is 8.17. The number of hydrogen-bond donors (Lipinski definition) is 0. The molecular weight excluding hydrogens is 302 g/mol. The first-order valence-electron chi connectivity index (χ1n) is 8.34. The summed E-state index contributed by atoms with van der Waals surface area (Å²) in [5.41, 5.74) is 4.13. The van der Waals surface area contributed by atoms with Crippen molar-refractivity contribution < 1.29 is 9.47 Å². The van der Waals surface area contributed by atoms with Gasteiger partial charge in [-0.2, -0.15) is 5.10 Å². The van der Waals surface area contributed by atoms with Crippen molar-refractivity contribution in [2.45, 2.75) is 25.9 Å². The van der Waals surface area contributed by atoms with E-state index in [1.165, 1.54) is 5.56 Å². The molecule has 0 saturated carbocycles. The number of aromatic nitrogens is 3. The second-order valence-electron chi connectivity index (χ2n) is 6.35. The van der Waals surface area contributed by atoms with Crippen molar-refractivity contribution in [3.05, 3.63) is 42.2 Å². The van der Waals surface area contributed by atoms with E-state index >= 15 is 0 Å². The van der Waals surface area contributed by atoms with Crippen LogP contribution in [0.15, 0.2) is 36.7 Å². The SMILES string of the molecule is Cc1cc(-c2cnn(C)c2)nc2ccc(OCC3CCCO3)cc12. The normalized spacial score (nSPS) is 17.5. The van der Waals surface area contributed by atoms with Gasteiger partial charge in [-0.3, -0.25) is 4.68 Å². The third-order valence-corrected chi connectivity index (χ3v) is 4.45. The van der Waals surface area contributed by atoms with E-state index in [4.69, 9.17) is 14.5 Å². The fourth-order valence-electron chi connectivity index (χ4n) is 3.13. The number of aryl methyl sites for hydroxylation is 2. The molecule has 0 radical (unpaired) electrons. The van der Waals surface area contributed by atoms with Crippen molar-refractivity contribution in [1.82, 2.24) is 14.8 Å². The molecule has 1 unspecified atom stereocenters. The van der Waals surface area contributed by atoms with Crippen molar-refractivity contribution in [1.29, 1.82) is 0 Å².